The van der Waals surface area contributed by atoms with Crippen molar-refractivity contribution >= 4 is 40.0 Å². The van der Waals surface area contributed by atoms with Crippen molar-refractivity contribution in [3.05, 3.63) is 37.6 Å². The van der Waals surface area contributed by atoms with E-state index in [0.717, 1.165) is 60.2 Å². The molecule has 0 saturated heterocycles. The Morgan fingerprint density at radius 3 is 2.93 bits per heavy atom. The van der Waals surface area contributed by atoms with Crippen molar-refractivity contribution in [3.63, 3.8) is 0 Å². The monoisotopic (exact) mass is 447 g/mol. The van der Waals surface area contributed by atoms with Crippen LogP contribution in [0.4, 0.5) is 5.00 Å². The molecule has 0 aromatic carbocycles. The Kier molecular flexibility index (Phi) is 6.29. The van der Waals surface area contributed by atoms with Gasteiger partial charge in [-0.3, -0.25) is 9.59 Å². The summed E-state index contributed by atoms with van der Waals surface area (Å²) in [6, 6.07) is 0. The number of hydrogen-bond donors (Lipinski definition) is 2. The number of H-pyrrole nitrogens is 1. The van der Waals surface area contributed by atoms with Gasteiger partial charge in [0, 0.05) is 10.4 Å². The molecular formula is C21H25N3O4S2. The minimum Gasteiger partial charge on any atom is -0.462 e. The molecule has 7 nitrogen and oxygen atoms in total. The van der Waals surface area contributed by atoms with Gasteiger partial charge in [-0.05, 0) is 56.9 Å². The fourth-order valence-electron chi connectivity index (χ4n) is 4.04. The highest BCUT2D eigenvalue weighted by Gasteiger charge is 2.29. The van der Waals surface area contributed by atoms with E-state index in [0.29, 0.717) is 28.2 Å². The largest absolute Gasteiger partial charge is 0.462 e. The van der Waals surface area contributed by atoms with Crippen molar-refractivity contribution in [2.75, 3.05) is 17.7 Å². The maximum atomic E-state index is 12.6. The molecule has 0 saturated carbocycles. The Morgan fingerprint density at radius 1 is 1.30 bits per heavy atom. The number of esters is 1. The van der Waals surface area contributed by atoms with Gasteiger partial charge in [-0.25, -0.2) is 9.78 Å². The standard InChI is InChI=1S/C21H25N3O4S2/c1-3-28-20(27)17-13-8-7-11(2)9-15(13)30-19(17)23-16(25)10-29-21-22-14-6-4-5-12(14)18(26)24-21/h11H,3-10H2,1-2H3,(H,23,25)(H,22,24,26). The molecule has 160 valence electrons. The van der Waals surface area contributed by atoms with E-state index in [1.807, 2.05) is 0 Å². The fourth-order valence-corrected chi connectivity index (χ4v) is 6.14. The van der Waals surface area contributed by atoms with Crippen molar-refractivity contribution in [2.24, 2.45) is 5.92 Å². The lowest BCUT2D eigenvalue weighted by Crippen LogP contribution is -2.19. The first-order chi connectivity index (χ1) is 14.5. The highest BCUT2D eigenvalue weighted by atomic mass is 32.2. The molecule has 0 aliphatic heterocycles. The Morgan fingerprint density at radius 2 is 2.13 bits per heavy atom. The molecule has 1 amide bonds. The van der Waals surface area contributed by atoms with Crippen LogP contribution in [0.25, 0.3) is 0 Å². The maximum Gasteiger partial charge on any atom is 0.341 e. The number of aromatic nitrogens is 2. The topological polar surface area (TPSA) is 101 Å². The molecule has 0 spiro atoms. The van der Waals surface area contributed by atoms with Gasteiger partial charge < -0.3 is 15.0 Å². The average Bonchev–Trinajstić information content (AvgIpc) is 3.30. The Labute approximate surface area is 183 Å². The molecule has 2 heterocycles. The predicted molar refractivity (Wildman–Crippen MR) is 118 cm³/mol. The SMILES string of the molecule is CCOC(=O)c1c(NC(=O)CSc2nc3c(c(=O)[nH]2)CCC3)sc2c1CCC(C)C2. The molecule has 2 aliphatic rings. The van der Waals surface area contributed by atoms with Gasteiger partial charge in [0.25, 0.3) is 5.56 Å². The average molecular weight is 448 g/mol. The van der Waals surface area contributed by atoms with Crippen LogP contribution < -0.4 is 10.9 Å². The number of rotatable bonds is 6. The molecule has 2 aromatic rings. The van der Waals surface area contributed by atoms with Crippen LogP contribution in [0.3, 0.4) is 0 Å². The van der Waals surface area contributed by atoms with Gasteiger partial charge in [-0.2, -0.15) is 0 Å². The molecule has 1 unspecified atom stereocenters. The second-order valence-electron chi connectivity index (χ2n) is 7.76. The highest BCUT2D eigenvalue weighted by Crippen LogP contribution is 2.40. The number of nitrogens with one attached hydrogen (secondary N) is 2. The third-order valence-electron chi connectivity index (χ3n) is 5.50. The lowest BCUT2D eigenvalue weighted by molar-refractivity contribution is -0.113. The van der Waals surface area contributed by atoms with Crippen LogP contribution in [0.2, 0.25) is 0 Å². The van der Waals surface area contributed by atoms with Gasteiger partial charge in [0.1, 0.15) is 5.00 Å². The van der Waals surface area contributed by atoms with Crippen molar-refractivity contribution in [3.8, 4) is 0 Å². The van der Waals surface area contributed by atoms with Crippen molar-refractivity contribution in [1.29, 1.82) is 0 Å². The molecule has 2 aromatic heterocycles. The number of aryl methyl sites for hydroxylation is 1. The number of aromatic amines is 1. The summed E-state index contributed by atoms with van der Waals surface area (Å²) >= 11 is 2.67. The molecule has 2 aliphatic carbocycles. The van der Waals surface area contributed by atoms with E-state index in [4.69, 9.17) is 4.74 Å². The number of nitrogens with zero attached hydrogens (tertiary/aromatic N) is 1. The summed E-state index contributed by atoms with van der Waals surface area (Å²) in [5, 5.41) is 3.92. The fraction of sp³-hybridized carbons (Fsp3) is 0.524. The summed E-state index contributed by atoms with van der Waals surface area (Å²) < 4.78 is 5.25. The van der Waals surface area contributed by atoms with Crippen LogP contribution in [0.1, 0.15) is 58.7 Å². The van der Waals surface area contributed by atoms with Gasteiger partial charge >= 0.3 is 5.97 Å². The minimum absolute atomic E-state index is 0.100. The molecule has 0 radical (unpaired) electrons. The van der Waals surface area contributed by atoms with Crippen LogP contribution >= 0.6 is 23.1 Å². The number of ether oxygens (including phenoxy) is 1. The van der Waals surface area contributed by atoms with Crippen molar-refractivity contribution in [1.82, 2.24) is 9.97 Å². The smallest absolute Gasteiger partial charge is 0.341 e. The number of hydrogen-bond acceptors (Lipinski definition) is 7. The third-order valence-corrected chi connectivity index (χ3v) is 7.55. The summed E-state index contributed by atoms with van der Waals surface area (Å²) in [6.45, 7) is 4.27. The lowest BCUT2D eigenvalue weighted by Gasteiger charge is -2.18. The molecular weight excluding hydrogens is 422 g/mol. The Bertz CT molecular complexity index is 1040. The van der Waals surface area contributed by atoms with Crippen molar-refractivity contribution in [2.45, 2.75) is 57.5 Å². The molecule has 2 N–H and O–H groups in total. The number of amides is 1. The van der Waals surface area contributed by atoms with E-state index in [2.05, 4.69) is 22.2 Å². The number of fused-ring (bicyclic) bond motifs is 2. The maximum absolute atomic E-state index is 12.6. The second kappa shape index (κ2) is 8.93. The van der Waals surface area contributed by atoms with E-state index in [1.165, 1.54) is 23.1 Å². The summed E-state index contributed by atoms with van der Waals surface area (Å²) in [6.07, 6.45) is 5.28. The molecule has 0 bridgehead atoms. The van der Waals surface area contributed by atoms with Crippen LogP contribution in [0.5, 0.6) is 0 Å². The molecule has 1 atom stereocenters. The van der Waals surface area contributed by atoms with E-state index in [-0.39, 0.29) is 23.2 Å². The van der Waals surface area contributed by atoms with E-state index < -0.39 is 0 Å². The zero-order valence-corrected chi connectivity index (χ0v) is 18.8. The molecule has 4 rings (SSSR count). The van der Waals surface area contributed by atoms with Crippen LogP contribution in [0, 0.1) is 5.92 Å². The first-order valence-corrected chi connectivity index (χ1v) is 12.1. The number of thiophene rings is 1. The van der Waals surface area contributed by atoms with Gasteiger partial charge in [0.2, 0.25) is 5.91 Å². The van der Waals surface area contributed by atoms with E-state index in [9.17, 15) is 14.4 Å². The summed E-state index contributed by atoms with van der Waals surface area (Å²) in [7, 11) is 0. The summed E-state index contributed by atoms with van der Waals surface area (Å²) in [4.78, 5) is 45.7. The molecule has 0 fully saturated rings. The van der Waals surface area contributed by atoms with E-state index >= 15 is 0 Å². The van der Waals surface area contributed by atoms with Gasteiger partial charge in [-0.15, -0.1) is 11.3 Å². The number of anilines is 1. The van der Waals surface area contributed by atoms with Crippen molar-refractivity contribution < 1.29 is 14.3 Å². The zero-order chi connectivity index (χ0) is 21.3. The Hall–Kier alpha value is -2.13. The quantitative estimate of drug-likeness (QED) is 0.400. The highest BCUT2D eigenvalue weighted by molar-refractivity contribution is 7.99. The number of carbonyl (C=O) groups is 2. The number of thioether (sulfide) groups is 1. The Balaban J connectivity index is 1.48. The van der Waals surface area contributed by atoms with Crippen LogP contribution in [-0.2, 0) is 35.2 Å². The number of carbonyl (C=O) groups excluding carboxylic acids is 2. The van der Waals surface area contributed by atoms with Crippen LogP contribution in [0.15, 0.2) is 9.95 Å². The van der Waals surface area contributed by atoms with Gasteiger partial charge in [0.15, 0.2) is 5.16 Å². The first kappa shape index (κ1) is 21.1. The minimum atomic E-state index is -0.378. The lowest BCUT2D eigenvalue weighted by atomic mass is 9.88. The molecule has 30 heavy (non-hydrogen) atoms. The van der Waals surface area contributed by atoms with E-state index in [1.54, 1.807) is 6.92 Å². The first-order valence-electron chi connectivity index (χ1n) is 10.3. The summed E-state index contributed by atoms with van der Waals surface area (Å²) in [5.74, 6) is 0.0497. The predicted octanol–water partition coefficient (Wildman–Crippen LogP) is 3.35. The normalized spacial score (nSPS) is 17.3. The zero-order valence-electron chi connectivity index (χ0n) is 17.1. The second-order valence-corrected chi connectivity index (χ2v) is 9.83. The third kappa shape index (κ3) is 4.32. The summed E-state index contributed by atoms with van der Waals surface area (Å²) in [5.41, 5.74) is 3.02. The van der Waals surface area contributed by atoms with Crippen LogP contribution in [-0.4, -0.2) is 34.2 Å². The van der Waals surface area contributed by atoms with Gasteiger partial charge in [0.05, 0.1) is 23.6 Å². The molecule has 9 heteroatoms. The van der Waals surface area contributed by atoms with Gasteiger partial charge in [-0.1, -0.05) is 18.7 Å².